The standard InChI is InChI=1S/C91H161N3O40/c1-6-8-10-12-14-16-18-20-21-22-23-24-25-26-27-29-31-33-35-37-39-41-62(106)94-53(54(103)40-38-36-34-32-30-28-19-17-15-13-11-9-7-2)49-121-85-75(117)72(114)77(60(47-99)126-85)128-88-76(118)82(134-91(90(119)120)42-55(104)63(92-51(4)101)80(133-91)66(108)56(105)43-95)78(61(48-100)127-88)129-84-64(93-52(5)102)79(68(110)58(45-97)123-84)130-89-83(132-86-73(115)70(112)65(107)50(3)122-86)81(69(111)59(46-98)125-89)131-87-74(116)71(113)67(109)57(44-96)124-87/h20-21,38,40,50,53-61,63-89,95-100,103-105,107-118H,6-19,22-37,39,41-49H2,1-5H3,(H,92,101)(H,93,102)(H,94,106)(H,119,120)/b21-20-,40-38+/t50?,53-,54+,55?,56+,57?,58?,59?,60?,61?,63+,64?,65+,66+,67-,68-,69-,70?,71-,72+,73-,74?,75?,76?,77+,78-,79+,80?,81-,82+,83?,84-,85+,86+,87+,88-,89-,91-/m0/s1. The lowest BCUT2D eigenvalue weighted by Crippen LogP contribution is -2.72. The van der Waals surface area contributed by atoms with Gasteiger partial charge in [0.15, 0.2) is 37.7 Å². The predicted molar refractivity (Wildman–Crippen MR) is 470 cm³/mol. The lowest BCUT2D eigenvalue weighted by molar-refractivity contribution is -0.410. The van der Waals surface area contributed by atoms with Gasteiger partial charge < -0.3 is 195 Å². The number of carbonyl (C=O) groups is 4. The van der Waals surface area contributed by atoms with E-state index in [4.69, 9.17) is 66.3 Å². The van der Waals surface area contributed by atoms with Crippen LogP contribution in [0.25, 0.3) is 0 Å². The molecule has 0 aromatic rings. The zero-order chi connectivity index (χ0) is 98.3. The average molecular weight is 1940 g/mol. The van der Waals surface area contributed by atoms with Crippen LogP contribution in [0.2, 0.25) is 0 Å². The number of aliphatic hydroxyl groups excluding tert-OH is 21. The highest BCUT2D eigenvalue weighted by Gasteiger charge is 2.64. The molecule has 43 heteroatoms. The fraction of sp³-hybridized carbons (Fsp3) is 0.912. The molecule has 7 rings (SSSR count). The first kappa shape index (κ1) is 117. The second-order valence-corrected chi connectivity index (χ2v) is 36.6. The van der Waals surface area contributed by atoms with Gasteiger partial charge in [-0.25, -0.2) is 4.79 Å². The van der Waals surface area contributed by atoms with Crippen molar-refractivity contribution in [1.29, 1.82) is 0 Å². The molecule has 25 N–H and O–H groups in total. The van der Waals surface area contributed by atoms with E-state index in [0.29, 0.717) is 12.8 Å². The number of carboxylic acid groups (broad SMARTS) is 1. The molecule has 0 bridgehead atoms. The first-order valence-corrected chi connectivity index (χ1v) is 48.6. The van der Waals surface area contributed by atoms with Gasteiger partial charge in [-0.05, 0) is 51.9 Å². The molecule has 0 radical (unpaired) electrons. The third-order valence-corrected chi connectivity index (χ3v) is 25.9. The fourth-order valence-corrected chi connectivity index (χ4v) is 18.0. The lowest BCUT2D eigenvalue weighted by Gasteiger charge is -2.53. The van der Waals surface area contributed by atoms with E-state index in [0.717, 1.165) is 97.3 Å². The number of hydrogen-bond acceptors (Lipinski definition) is 39. The third kappa shape index (κ3) is 34.7. The molecule has 7 aliphatic heterocycles. The van der Waals surface area contributed by atoms with Crippen molar-refractivity contribution in [3.8, 4) is 0 Å². The highest BCUT2D eigenvalue weighted by atomic mass is 16.8. The molecular weight excluding hydrogens is 1770 g/mol. The summed E-state index contributed by atoms with van der Waals surface area (Å²) in [6.07, 6.45) is -31.5. The third-order valence-electron chi connectivity index (χ3n) is 25.9. The Hall–Kier alpha value is -4.04. The van der Waals surface area contributed by atoms with E-state index >= 15 is 0 Å². The Morgan fingerprint density at radius 3 is 1.32 bits per heavy atom. The number of unbranched alkanes of at least 4 members (excludes halogenated alkanes) is 28. The van der Waals surface area contributed by atoms with Gasteiger partial charge in [-0.1, -0.05) is 192 Å². The maximum absolute atomic E-state index is 14.1. The molecule has 780 valence electrons. The van der Waals surface area contributed by atoms with Crippen molar-refractivity contribution in [3.05, 3.63) is 24.3 Å². The maximum Gasteiger partial charge on any atom is 0.364 e. The average Bonchev–Trinajstić information content (AvgIpc) is 0.744. The summed E-state index contributed by atoms with van der Waals surface area (Å²) in [5.74, 6) is -8.11. The number of carbonyl (C=O) groups excluding carboxylic acids is 3. The van der Waals surface area contributed by atoms with Crippen molar-refractivity contribution in [1.82, 2.24) is 16.0 Å². The Bertz CT molecular complexity index is 3310. The van der Waals surface area contributed by atoms with Crippen LogP contribution in [-0.4, -0.2) is 415 Å². The Labute approximate surface area is 784 Å². The van der Waals surface area contributed by atoms with E-state index in [1.807, 2.05) is 0 Å². The number of aliphatic hydroxyl groups is 21. The second kappa shape index (κ2) is 61.1. The number of ether oxygens (including phenoxy) is 14. The van der Waals surface area contributed by atoms with Crippen LogP contribution >= 0.6 is 0 Å². The Balaban J connectivity index is 1.14. The van der Waals surface area contributed by atoms with Gasteiger partial charge in [0.2, 0.25) is 17.7 Å². The fourth-order valence-electron chi connectivity index (χ4n) is 18.0. The molecule has 0 spiro atoms. The number of nitrogens with one attached hydrogen (secondary N) is 3. The summed E-state index contributed by atoms with van der Waals surface area (Å²) in [6, 6.07) is -5.19. The minimum atomic E-state index is -3.50. The summed E-state index contributed by atoms with van der Waals surface area (Å²) in [5, 5.41) is 257. The molecule has 0 aliphatic carbocycles. The molecule has 3 amide bonds. The number of carboxylic acids is 1. The quantitative estimate of drug-likeness (QED) is 0.0226. The van der Waals surface area contributed by atoms with Gasteiger partial charge in [0, 0.05) is 26.7 Å². The van der Waals surface area contributed by atoms with Crippen molar-refractivity contribution in [2.24, 2.45) is 0 Å². The minimum Gasteiger partial charge on any atom is -0.477 e. The van der Waals surface area contributed by atoms with Crippen molar-refractivity contribution >= 4 is 23.7 Å². The van der Waals surface area contributed by atoms with E-state index in [9.17, 15) is 132 Å². The number of rotatable bonds is 62. The van der Waals surface area contributed by atoms with Crippen LogP contribution in [-0.2, 0) is 85.5 Å². The first-order valence-electron chi connectivity index (χ1n) is 48.6. The van der Waals surface area contributed by atoms with E-state index in [2.05, 4.69) is 41.9 Å². The number of aliphatic carboxylic acids is 1. The molecule has 7 heterocycles. The SMILES string of the molecule is CCCCCCCC/C=C\CCCCCCCCCCCCCC(=O)N[C@@H](CO[C@@H]1OC(CO)[C@@H](O[C@@H]2OC(CO)[C@H](O[C@@H]3OC(CO)[C@H](O)[C@H](O[C@@H]4OC(CO)[C@H](O)[C@H](O[C@H]5OC(CO)[C@H](O)[C@H](O)C5O)C4O[C@H]4OC(C)[C@@H](O)C(O)[C@@H]4O)C3NC(C)=O)[C@H](O[C@]3(C(=O)O)CC(O)[C@@H](NC(C)=O)C([C@H](O)[C@H](O)CO)O3)C2O)[C@H](O)C1O)[C@H](O)/C=C/CCCCCCCCCCCCC. The number of hydrogen-bond donors (Lipinski definition) is 25. The molecule has 7 saturated heterocycles. The normalized spacial score (nSPS) is 37.0. The predicted octanol–water partition coefficient (Wildman–Crippen LogP) is -2.25. The Morgan fingerprint density at radius 1 is 0.403 bits per heavy atom. The van der Waals surface area contributed by atoms with Crippen molar-refractivity contribution < 1.29 is 198 Å². The van der Waals surface area contributed by atoms with Crippen LogP contribution in [0.3, 0.4) is 0 Å². The lowest BCUT2D eigenvalue weighted by atomic mass is 9.88. The zero-order valence-electron chi connectivity index (χ0n) is 78.1. The molecule has 7 aliphatic rings. The van der Waals surface area contributed by atoms with E-state index in [1.165, 1.54) is 116 Å². The highest BCUT2D eigenvalue weighted by molar-refractivity contribution is 5.77. The summed E-state index contributed by atoms with van der Waals surface area (Å²) in [6.45, 7) is -0.224. The summed E-state index contributed by atoms with van der Waals surface area (Å²) in [4.78, 5) is 54.3. The molecule has 7 fully saturated rings. The van der Waals surface area contributed by atoms with Crippen LogP contribution in [0.15, 0.2) is 24.3 Å². The highest BCUT2D eigenvalue weighted by Crippen LogP contribution is 2.43. The summed E-state index contributed by atoms with van der Waals surface area (Å²) in [7, 11) is 0. The van der Waals surface area contributed by atoms with Gasteiger partial charge in [-0.3, -0.25) is 14.4 Å². The Kier molecular flexibility index (Phi) is 53.3. The van der Waals surface area contributed by atoms with Crippen LogP contribution < -0.4 is 16.0 Å². The van der Waals surface area contributed by atoms with Gasteiger partial charge in [-0.2, -0.15) is 0 Å². The van der Waals surface area contributed by atoms with E-state index in [-0.39, 0.29) is 6.42 Å². The maximum atomic E-state index is 14.1. The topological polar surface area (TPSA) is 679 Å². The number of allylic oxidation sites excluding steroid dienone is 3. The molecule has 38 atom stereocenters. The molecule has 14 unspecified atom stereocenters. The molecule has 43 nitrogen and oxygen atoms in total. The second-order valence-electron chi connectivity index (χ2n) is 36.6. The van der Waals surface area contributed by atoms with E-state index < -0.39 is 309 Å². The molecule has 0 aromatic carbocycles. The summed E-state index contributed by atoms with van der Waals surface area (Å²) >= 11 is 0. The van der Waals surface area contributed by atoms with Gasteiger partial charge in [-0.15, -0.1) is 0 Å². The monoisotopic (exact) mass is 1940 g/mol. The molecule has 0 saturated carbocycles. The van der Waals surface area contributed by atoms with E-state index in [1.54, 1.807) is 6.08 Å². The first-order chi connectivity index (χ1) is 64.2. The van der Waals surface area contributed by atoms with Crippen LogP contribution in [0.5, 0.6) is 0 Å². The van der Waals surface area contributed by atoms with Crippen molar-refractivity contribution in [2.45, 2.75) is 479 Å². The minimum absolute atomic E-state index is 0.0942. The van der Waals surface area contributed by atoms with Gasteiger partial charge in [0.25, 0.3) is 5.79 Å². The van der Waals surface area contributed by atoms with Crippen molar-refractivity contribution in [3.63, 3.8) is 0 Å². The smallest absolute Gasteiger partial charge is 0.364 e. The summed E-state index contributed by atoms with van der Waals surface area (Å²) < 4.78 is 85.5. The van der Waals surface area contributed by atoms with Crippen LogP contribution in [0.4, 0.5) is 0 Å². The van der Waals surface area contributed by atoms with Crippen LogP contribution in [0, 0.1) is 0 Å². The van der Waals surface area contributed by atoms with Crippen molar-refractivity contribution in [2.75, 3.05) is 46.2 Å². The molecule has 134 heavy (non-hydrogen) atoms. The summed E-state index contributed by atoms with van der Waals surface area (Å²) in [5.41, 5.74) is 0. The Morgan fingerprint density at radius 2 is 0.806 bits per heavy atom. The zero-order valence-corrected chi connectivity index (χ0v) is 78.1. The number of amides is 3. The largest absolute Gasteiger partial charge is 0.477 e. The molecular formula is C91H161N3O40. The van der Waals surface area contributed by atoms with Gasteiger partial charge >= 0.3 is 5.97 Å². The van der Waals surface area contributed by atoms with Crippen LogP contribution in [0.1, 0.15) is 247 Å². The molecule has 0 aromatic heterocycles. The van der Waals surface area contributed by atoms with Gasteiger partial charge in [0.1, 0.15) is 159 Å². The van der Waals surface area contributed by atoms with Gasteiger partial charge in [0.05, 0.1) is 76.6 Å².